The minimum absolute atomic E-state index is 0.618. The van der Waals surface area contributed by atoms with E-state index >= 15 is 0 Å². The lowest BCUT2D eigenvalue weighted by Crippen LogP contribution is -2.46. The Morgan fingerprint density at radius 1 is 1.11 bits per heavy atom. The quantitative estimate of drug-likeness (QED) is 0.785. The predicted octanol–water partition coefficient (Wildman–Crippen LogP) is 1.92. The minimum Gasteiger partial charge on any atom is -0.329 e. The van der Waals surface area contributed by atoms with Crippen LogP contribution in [-0.2, 0) is 0 Å². The molecule has 0 amide bonds. The Labute approximate surface area is 113 Å². The molecule has 0 aromatic rings. The van der Waals surface area contributed by atoms with Crippen molar-refractivity contribution >= 4 is 0 Å². The van der Waals surface area contributed by atoms with Gasteiger partial charge in [0, 0.05) is 31.7 Å². The van der Waals surface area contributed by atoms with Crippen molar-refractivity contribution in [1.29, 1.82) is 0 Å². The summed E-state index contributed by atoms with van der Waals surface area (Å²) in [6.07, 6.45) is 6.70. The normalized spacial score (nSPS) is 28.3. The van der Waals surface area contributed by atoms with Crippen LogP contribution in [0.2, 0.25) is 0 Å². The molecule has 0 spiro atoms. The second kappa shape index (κ2) is 6.88. The van der Waals surface area contributed by atoms with Crippen molar-refractivity contribution in [1.82, 2.24) is 9.80 Å². The maximum atomic E-state index is 6.05. The van der Waals surface area contributed by atoms with Gasteiger partial charge in [-0.3, -0.25) is 9.80 Å². The Balaban J connectivity index is 1.89. The third-order valence-electron chi connectivity index (χ3n) is 5.16. The second-order valence-corrected chi connectivity index (χ2v) is 6.06. The number of likely N-dealkylation sites (tertiary alicyclic amines) is 2. The van der Waals surface area contributed by atoms with Crippen LogP contribution < -0.4 is 5.73 Å². The highest BCUT2D eigenvalue weighted by molar-refractivity contribution is 4.90. The van der Waals surface area contributed by atoms with Crippen LogP contribution in [-0.4, -0.2) is 54.6 Å². The molecule has 3 heteroatoms. The monoisotopic (exact) mass is 253 g/mol. The molecule has 0 aliphatic carbocycles. The lowest BCUT2D eigenvalue weighted by atomic mass is 9.93. The van der Waals surface area contributed by atoms with E-state index in [1.165, 1.54) is 58.3 Å². The van der Waals surface area contributed by atoms with Crippen molar-refractivity contribution in [3.05, 3.63) is 0 Å². The van der Waals surface area contributed by atoms with E-state index in [1.54, 1.807) is 0 Å². The molecule has 2 saturated heterocycles. The molecule has 0 radical (unpaired) electrons. The highest BCUT2D eigenvalue weighted by Crippen LogP contribution is 2.26. The molecule has 0 aromatic carbocycles. The van der Waals surface area contributed by atoms with Gasteiger partial charge in [-0.25, -0.2) is 0 Å². The topological polar surface area (TPSA) is 32.5 Å². The number of rotatable bonds is 6. The molecule has 2 atom stereocenters. The number of hydrogen-bond acceptors (Lipinski definition) is 3. The standard InChI is InChI=1S/C15H31N3/c1-3-13(4-2)15(11-16)18-10-7-14(12-18)17-8-5-6-9-17/h13-15H,3-12,16H2,1-2H3. The molecular weight excluding hydrogens is 222 g/mol. The molecule has 106 valence electrons. The van der Waals surface area contributed by atoms with Crippen molar-refractivity contribution in [3.63, 3.8) is 0 Å². The van der Waals surface area contributed by atoms with Gasteiger partial charge < -0.3 is 5.73 Å². The van der Waals surface area contributed by atoms with E-state index in [1.807, 2.05) is 0 Å². The Morgan fingerprint density at radius 2 is 1.78 bits per heavy atom. The van der Waals surface area contributed by atoms with Crippen molar-refractivity contribution < 1.29 is 0 Å². The van der Waals surface area contributed by atoms with E-state index in [9.17, 15) is 0 Å². The molecule has 2 N–H and O–H groups in total. The lowest BCUT2D eigenvalue weighted by molar-refractivity contribution is 0.153. The first-order valence-electron chi connectivity index (χ1n) is 7.98. The van der Waals surface area contributed by atoms with E-state index in [-0.39, 0.29) is 0 Å². The van der Waals surface area contributed by atoms with Crippen LogP contribution in [0.3, 0.4) is 0 Å². The zero-order valence-electron chi connectivity index (χ0n) is 12.3. The van der Waals surface area contributed by atoms with Gasteiger partial charge in [-0.1, -0.05) is 26.7 Å². The van der Waals surface area contributed by atoms with E-state index in [4.69, 9.17) is 5.73 Å². The molecule has 3 nitrogen and oxygen atoms in total. The summed E-state index contributed by atoms with van der Waals surface area (Å²) in [5.74, 6) is 0.785. The van der Waals surface area contributed by atoms with Gasteiger partial charge in [0.1, 0.15) is 0 Å². The van der Waals surface area contributed by atoms with Crippen LogP contribution in [0.4, 0.5) is 0 Å². The van der Waals surface area contributed by atoms with Gasteiger partial charge in [0.25, 0.3) is 0 Å². The first-order valence-corrected chi connectivity index (χ1v) is 7.98. The fraction of sp³-hybridized carbons (Fsp3) is 1.00. The van der Waals surface area contributed by atoms with Crippen molar-refractivity contribution in [2.24, 2.45) is 11.7 Å². The zero-order valence-corrected chi connectivity index (χ0v) is 12.3. The summed E-state index contributed by atoms with van der Waals surface area (Å²) in [7, 11) is 0. The summed E-state index contributed by atoms with van der Waals surface area (Å²) in [5, 5.41) is 0. The molecule has 0 saturated carbocycles. The average Bonchev–Trinajstić information content (AvgIpc) is 3.05. The second-order valence-electron chi connectivity index (χ2n) is 6.06. The van der Waals surface area contributed by atoms with Crippen molar-refractivity contribution in [2.75, 3.05) is 32.7 Å². The summed E-state index contributed by atoms with van der Waals surface area (Å²) >= 11 is 0. The van der Waals surface area contributed by atoms with Crippen LogP contribution in [0.25, 0.3) is 0 Å². The SMILES string of the molecule is CCC(CC)C(CN)N1CCC(N2CCCC2)C1. The first kappa shape index (κ1) is 14.3. The van der Waals surface area contributed by atoms with Gasteiger partial charge >= 0.3 is 0 Å². The van der Waals surface area contributed by atoms with Crippen LogP contribution in [0, 0.1) is 5.92 Å². The largest absolute Gasteiger partial charge is 0.329 e. The van der Waals surface area contributed by atoms with Crippen LogP contribution >= 0.6 is 0 Å². The summed E-state index contributed by atoms with van der Waals surface area (Å²) in [6.45, 7) is 10.6. The van der Waals surface area contributed by atoms with E-state index in [2.05, 4.69) is 23.6 Å². The number of nitrogens with two attached hydrogens (primary N) is 1. The molecule has 2 unspecified atom stereocenters. The smallest absolute Gasteiger partial charge is 0.0247 e. The van der Waals surface area contributed by atoms with Gasteiger partial charge in [-0.05, 0) is 38.3 Å². The molecule has 2 heterocycles. The molecule has 2 fully saturated rings. The predicted molar refractivity (Wildman–Crippen MR) is 77.7 cm³/mol. The van der Waals surface area contributed by atoms with Crippen molar-refractivity contribution in [2.45, 2.75) is 58.0 Å². The van der Waals surface area contributed by atoms with E-state index in [0.717, 1.165) is 18.5 Å². The van der Waals surface area contributed by atoms with Crippen molar-refractivity contribution in [3.8, 4) is 0 Å². The number of hydrogen-bond donors (Lipinski definition) is 1. The molecule has 2 aliphatic heterocycles. The highest BCUT2D eigenvalue weighted by Gasteiger charge is 2.34. The Kier molecular flexibility index (Phi) is 5.46. The van der Waals surface area contributed by atoms with Gasteiger partial charge in [-0.15, -0.1) is 0 Å². The summed E-state index contributed by atoms with van der Waals surface area (Å²) in [4.78, 5) is 5.39. The Bertz CT molecular complexity index is 234. The third-order valence-corrected chi connectivity index (χ3v) is 5.16. The first-order chi connectivity index (χ1) is 8.80. The van der Waals surface area contributed by atoms with Gasteiger partial charge in [0.2, 0.25) is 0 Å². The summed E-state index contributed by atoms with van der Waals surface area (Å²) in [6, 6.07) is 1.43. The summed E-state index contributed by atoms with van der Waals surface area (Å²) in [5.41, 5.74) is 6.05. The Morgan fingerprint density at radius 3 is 2.33 bits per heavy atom. The third kappa shape index (κ3) is 3.06. The zero-order chi connectivity index (χ0) is 13.0. The van der Waals surface area contributed by atoms with Crippen LogP contribution in [0.1, 0.15) is 46.0 Å². The minimum atomic E-state index is 0.618. The molecular formula is C15H31N3. The van der Waals surface area contributed by atoms with Crippen LogP contribution in [0.5, 0.6) is 0 Å². The lowest BCUT2D eigenvalue weighted by Gasteiger charge is -2.33. The highest BCUT2D eigenvalue weighted by atomic mass is 15.3. The van der Waals surface area contributed by atoms with Gasteiger partial charge in [0.05, 0.1) is 0 Å². The van der Waals surface area contributed by atoms with E-state index < -0.39 is 0 Å². The van der Waals surface area contributed by atoms with Gasteiger partial charge in [0.15, 0.2) is 0 Å². The van der Waals surface area contributed by atoms with E-state index in [0.29, 0.717) is 6.04 Å². The van der Waals surface area contributed by atoms with Crippen LogP contribution in [0.15, 0.2) is 0 Å². The fourth-order valence-electron chi connectivity index (χ4n) is 3.95. The molecule has 2 aliphatic rings. The van der Waals surface area contributed by atoms with Gasteiger partial charge in [-0.2, -0.15) is 0 Å². The molecule has 2 rings (SSSR count). The maximum Gasteiger partial charge on any atom is 0.0247 e. The number of nitrogens with zero attached hydrogens (tertiary/aromatic N) is 2. The molecule has 0 bridgehead atoms. The summed E-state index contributed by atoms with van der Waals surface area (Å²) < 4.78 is 0. The maximum absolute atomic E-state index is 6.05. The Hall–Kier alpha value is -0.120. The molecule has 0 aromatic heterocycles. The fourth-order valence-corrected chi connectivity index (χ4v) is 3.95. The average molecular weight is 253 g/mol. The molecule has 18 heavy (non-hydrogen) atoms.